The highest BCUT2D eigenvalue weighted by atomic mass is 35.7. The van der Waals surface area contributed by atoms with Crippen molar-refractivity contribution in [3.05, 3.63) is 23.3 Å². The third kappa shape index (κ3) is 4.96. The minimum absolute atomic E-state index is 0.128. The van der Waals surface area contributed by atoms with Crippen molar-refractivity contribution in [3.8, 4) is 5.75 Å². The molecule has 1 aromatic rings. The highest BCUT2D eigenvalue weighted by molar-refractivity contribution is 8.13. The fourth-order valence-electron chi connectivity index (χ4n) is 1.75. The molecule has 114 valence electrons. The fraction of sp³-hybridized carbons (Fsp3) is 0.571. The van der Waals surface area contributed by atoms with Crippen LogP contribution in [-0.2, 0) is 13.8 Å². The van der Waals surface area contributed by atoms with Crippen LogP contribution < -0.4 is 4.74 Å². The zero-order valence-corrected chi connectivity index (χ0v) is 13.7. The van der Waals surface area contributed by atoms with Crippen LogP contribution in [-0.4, -0.2) is 28.2 Å². The highest BCUT2D eigenvalue weighted by Gasteiger charge is 2.16. The first-order valence-corrected chi connectivity index (χ1v) is 8.94. The second-order valence-electron chi connectivity index (χ2n) is 4.56. The molecule has 0 aliphatic rings. The van der Waals surface area contributed by atoms with E-state index in [2.05, 4.69) is 6.92 Å². The molecule has 0 saturated carbocycles. The van der Waals surface area contributed by atoms with Crippen molar-refractivity contribution in [3.63, 3.8) is 0 Å². The molecule has 0 aromatic heterocycles. The lowest BCUT2D eigenvalue weighted by molar-refractivity contribution is 0.0978. The van der Waals surface area contributed by atoms with E-state index in [9.17, 15) is 8.42 Å². The van der Waals surface area contributed by atoms with Gasteiger partial charge in [0.25, 0.3) is 9.05 Å². The average molecular weight is 321 g/mol. The van der Waals surface area contributed by atoms with Gasteiger partial charge in [0.05, 0.1) is 11.5 Å². The van der Waals surface area contributed by atoms with E-state index < -0.39 is 9.05 Å². The number of halogens is 1. The van der Waals surface area contributed by atoms with Gasteiger partial charge in [0, 0.05) is 17.3 Å². The van der Waals surface area contributed by atoms with E-state index in [1.54, 1.807) is 13.0 Å². The van der Waals surface area contributed by atoms with Crippen LogP contribution in [0, 0.1) is 13.8 Å². The predicted octanol–water partition coefficient (Wildman–Crippen LogP) is 3.43. The summed E-state index contributed by atoms with van der Waals surface area (Å²) in [7, 11) is 1.66. The van der Waals surface area contributed by atoms with Gasteiger partial charge in [-0.25, -0.2) is 8.42 Å². The zero-order valence-electron chi connectivity index (χ0n) is 12.1. The molecule has 1 rings (SSSR count). The molecule has 0 atom stereocenters. The largest absolute Gasteiger partial charge is 0.491 e. The molecule has 20 heavy (non-hydrogen) atoms. The van der Waals surface area contributed by atoms with Crippen molar-refractivity contribution in [2.24, 2.45) is 0 Å². The summed E-state index contributed by atoms with van der Waals surface area (Å²) in [5.41, 5.74) is 1.39. The summed E-state index contributed by atoms with van der Waals surface area (Å²) >= 11 is 0. The lowest BCUT2D eigenvalue weighted by atomic mass is 10.1. The molecule has 0 aliphatic heterocycles. The molecule has 0 amide bonds. The molecule has 0 bridgehead atoms. The molecule has 6 heteroatoms. The minimum Gasteiger partial charge on any atom is -0.491 e. The van der Waals surface area contributed by atoms with Gasteiger partial charge in [-0.1, -0.05) is 13.3 Å². The topological polar surface area (TPSA) is 52.6 Å². The molecule has 0 aliphatic carbocycles. The van der Waals surface area contributed by atoms with Gasteiger partial charge in [0.15, 0.2) is 0 Å². The van der Waals surface area contributed by atoms with Gasteiger partial charge in [-0.3, -0.25) is 0 Å². The Morgan fingerprint density at radius 2 is 1.80 bits per heavy atom. The molecule has 4 nitrogen and oxygen atoms in total. The summed E-state index contributed by atoms with van der Waals surface area (Å²) in [5.74, 6) is 0.658. The van der Waals surface area contributed by atoms with E-state index in [-0.39, 0.29) is 4.90 Å². The summed E-state index contributed by atoms with van der Waals surface area (Å²) in [6, 6.07) is 3.10. The monoisotopic (exact) mass is 320 g/mol. The third-order valence-corrected chi connectivity index (χ3v) is 4.54. The smallest absolute Gasteiger partial charge is 0.261 e. The molecule has 0 spiro atoms. The van der Waals surface area contributed by atoms with Gasteiger partial charge >= 0.3 is 0 Å². The Hall–Kier alpha value is -0.780. The number of ether oxygens (including phenoxy) is 2. The average Bonchev–Trinajstić information content (AvgIpc) is 2.37. The van der Waals surface area contributed by atoms with Crippen molar-refractivity contribution < 1.29 is 17.9 Å². The first-order valence-electron chi connectivity index (χ1n) is 6.63. The van der Waals surface area contributed by atoms with Gasteiger partial charge in [0.1, 0.15) is 12.4 Å². The highest BCUT2D eigenvalue weighted by Crippen LogP contribution is 2.28. The van der Waals surface area contributed by atoms with Crippen LogP contribution in [0.2, 0.25) is 0 Å². The van der Waals surface area contributed by atoms with E-state index in [4.69, 9.17) is 20.2 Å². The number of unbranched alkanes of at least 4 members (excludes halogenated alkanes) is 1. The number of hydrogen-bond acceptors (Lipinski definition) is 4. The Labute approximate surface area is 125 Å². The van der Waals surface area contributed by atoms with Crippen LogP contribution in [0.25, 0.3) is 0 Å². The van der Waals surface area contributed by atoms with Crippen molar-refractivity contribution in [2.45, 2.75) is 38.5 Å². The van der Waals surface area contributed by atoms with Crippen LogP contribution in [0.3, 0.4) is 0 Å². The van der Waals surface area contributed by atoms with E-state index in [0.29, 0.717) is 24.5 Å². The molecule has 0 N–H and O–H groups in total. The SMILES string of the molecule is CCCCOCCOc1ccc(S(=O)(=O)Cl)c(C)c1C. The van der Waals surface area contributed by atoms with Crippen LogP contribution >= 0.6 is 10.7 Å². The number of hydrogen-bond donors (Lipinski definition) is 0. The van der Waals surface area contributed by atoms with Gasteiger partial charge in [-0.05, 0) is 43.5 Å². The van der Waals surface area contributed by atoms with Gasteiger partial charge in [0.2, 0.25) is 0 Å². The van der Waals surface area contributed by atoms with Crippen molar-refractivity contribution in [1.29, 1.82) is 0 Å². The van der Waals surface area contributed by atoms with Crippen LogP contribution in [0.1, 0.15) is 30.9 Å². The lowest BCUT2D eigenvalue weighted by Crippen LogP contribution is -2.09. The molecular weight excluding hydrogens is 300 g/mol. The van der Waals surface area contributed by atoms with Gasteiger partial charge in [-0.15, -0.1) is 0 Å². The minimum atomic E-state index is -3.72. The van der Waals surface area contributed by atoms with E-state index in [1.807, 2.05) is 6.92 Å². The predicted molar refractivity (Wildman–Crippen MR) is 80.2 cm³/mol. The molecule has 0 fully saturated rings. The molecule has 0 unspecified atom stereocenters. The Morgan fingerprint density at radius 3 is 2.40 bits per heavy atom. The number of rotatable bonds is 8. The van der Waals surface area contributed by atoms with Crippen LogP contribution in [0.5, 0.6) is 5.75 Å². The summed E-state index contributed by atoms with van der Waals surface area (Å²) < 4.78 is 33.8. The Morgan fingerprint density at radius 1 is 1.10 bits per heavy atom. The Bertz CT molecular complexity index is 540. The third-order valence-electron chi connectivity index (χ3n) is 3.08. The second-order valence-corrected chi connectivity index (χ2v) is 7.10. The van der Waals surface area contributed by atoms with Crippen molar-refractivity contribution in [1.82, 2.24) is 0 Å². The molecule has 0 radical (unpaired) electrons. The van der Waals surface area contributed by atoms with E-state index in [0.717, 1.165) is 25.0 Å². The van der Waals surface area contributed by atoms with Gasteiger partial charge in [-0.2, -0.15) is 0 Å². The maximum Gasteiger partial charge on any atom is 0.261 e. The molecule has 0 heterocycles. The van der Waals surface area contributed by atoms with Crippen LogP contribution in [0.4, 0.5) is 0 Å². The first kappa shape index (κ1) is 17.3. The Balaban J connectivity index is 2.63. The lowest BCUT2D eigenvalue weighted by Gasteiger charge is -2.13. The van der Waals surface area contributed by atoms with E-state index >= 15 is 0 Å². The summed E-state index contributed by atoms with van der Waals surface area (Å²) in [6.45, 7) is 7.34. The Kier molecular flexibility index (Phi) is 6.79. The molecule has 1 aromatic carbocycles. The molecule has 0 saturated heterocycles. The zero-order chi connectivity index (χ0) is 15.2. The van der Waals surface area contributed by atoms with Gasteiger partial charge < -0.3 is 9.47 Å². The summed E-state index contributed by atoms with van der Waals surface area (Å²) in [6.07, 6.45) is 2.15. The van der Waals surface area contributed by atoms with Crippen molar-refractivity contribution >= 4 is 19.7 Å². The summed E-state index contributed by atoms with van der Waals surface area (Å²) in [4.78, 5) is 0.128. The molecular formula is C14H21ClO4S. The first-order chi connectivity index (χ1) is 9.38. The normalized spacial score (nSPS) is 11.6. The maximum atomic E-state index is 11.4. The quantitative estimate of drug-likeness (QED) is 0.544. The summed E-state index contributed by atoms with van der Waals surface area (Å²) in [5, 5.41) is 0. The van der Waals surface area contributed by atoms with Crippen molar-refractivity contribution in [2.75, 3.05) is 19.8 Å². The van der Waals surface area contributed by atoms with E-state index in [1.165, 1.54) is 6.07 Å². The standard InChI is InChI=1S/C14H21ClO4S/c1-4-5-8-18-9-10-19-13-6-7-14(20(15,16)17)12(3)11(13)2/h6-7H,4-5,8-10H2,1-3H3. The maximum absolute atomic E-state index is 11.4. The van der Waals surface area contributed by atoms with Crippen LogP contribution in [0.15, 0.2) is 17.0 Å². The fourth-order valence-corrected chi connectivity index (χ4v) is 3.00. The second kappa shape index (κ2) is 7.86. The number of benzene rings is 1.